The lowest BCUT2D eigenvalue weighted by molar-refractivity contribution is 0.0619. The number of halogens is 1. The summed E-state index contributed by atoms with van der Waals surface area (Å²) in [6.07, 6.45) is 3.14. The zero-order valence-electron chi connectivity index (χ0n) is 22.3. The van der Waals surface area contributed by atoms with E-state index >= 15 is 0 Å². The number of imidazole rings is 1. The average molecular weight is 593 g/mol. The molecule has 1 aliphatic rings. The number of fused-ring (bicyclic) bond motifs is 2. The smallest absolute Gasteiger partial charge is 0.294 e. The average Bonchev–Trinajstić information content (AvgIpc) is 3.79. The Morgan fingerprint density at radius 2 is 1.93 bits per heavy atom. The maximum Gasteiger partial charge on any atom is 0.294 e. The molecular weight excluding hydrogens is 567 g/mol. The third-order valence-corrected chi connectivity index (χ3v) is 9.31. The van der Waals surface area contributed by atoms with Gasteiger partial charge < -0.3 is 23.4 Å². The van der Waals surface area contributed by atoms with Crippen molar-refractivity contribution in [2.24, 2.45) is 0 Å². The Kier molecular flexibility index (Phi) is 6.60. The van der Waals surface area contributed by atoms with E-state index in [0.29, 0.717) is 70.3 Å². The summed E-state index contributed by atoms with van der Waals surface area (Å²) in [5.74, 6) is 1.56. The van der Waals surface area contributed by atoms with Gasteiger partial charge in [-0.15, -0.1) is 16.4 Å². The lowest BCUT2D eigenvalue weighted by atomic mass is 9.74. The van der Waals surface area contributed by atoms with E-state index in [1.807, 2.05) is 35.7 Å². The van der Waals surface area contributed by atoms with Crippen LogP contribution in [0.15, 0.2) is 58.5 Å². The largest absolute Gasteiger partial charge is 0.496 e. The first kappa shape index (κ1) is 25.9. The summed E-state index contributed by atoms with van der Waals surface area (Å²) in [5, 5.41) is 8.50. The lowest BCUT2D eigenvalue weighted by Gasteiger charge is -2.36. The summed E-state index contributed by atoms with van der Waals surface area (Å²) < 4.78 is 45.4. The third kappa shape index (κ3) is 4.61. The van der Waals surface area contributed by atoms with Gasteiger partial charge >= 0.3 is 0 Å². The standard InChI is InChI=1S/C29H25FN4O5S2/c1-35-18-11-23(19-13-25(39-24(19)12-18)22-14-34-27(32-22)41-28(33-34)36-2)38-15-17-16-40-26(31-17)29(7-9-37-10-8-29)20-5-3-4-6-21(20)30/h3-6,11-14,16H,7-10,15H2,1-2H3. The predicted octanol–water partition coefficient (Wildman–Crippen LogP) is 6.49. The Bertz CT molecular complexity index is 1820. The number of furan rings is 1. The molecule has 210 valence electrons. The van der Waals surface area contributed by atoms with Crippen LogP contribution in [-0.4, -0.2) is 47.0 Å². The van der Waals surface area contributed by atoms with Crippen LogP contribution in [0, 0.1) is 5.82 Å². The Labute approximate surface area is 242 Å². The van der Waals surface area contributed by atoms with Crippen LogP contribution in [-0.2, 0) is 16.8 Å². The molecule has 7 rings (SSSR count). The van der Waals surface area contributed by atoms with Crippen molar-refractivity contribution in [3.05, 3.63) is 76.1 Å². The van der Waals surface area contributed by atoms with Gasteiger partial charge in [-0.1, -0.05) is 18.2 Å². The van der Waals surface area contributed by atoms with Crippen LogP contribution in [0.5, 0.6) is 16.7 Å². The summed E-state index contributed by atoms with van der Waals surface area (Å²) >= 11 is 2.87. The SMILES string of the molecule is COc1cc(OCc2csc(C3(c4ccccc4F)CCOCC3)n2)c2cc(-c3cn4nc(OC)sc4n3)oc2c1. The number of thiazole rings is 1. The molecule has 4 aromatic heterocycles. The molecule has 0 radical (unpaired) electrons. The van der Waals surface area contributed by atoms with Gasteiger partial charge in [0.15, 0.2) is 5.76 Å². The van der Waals surface area contributed by atoms with Crippen LogP contribution in [0.25, 0.3) is 27.4 Å². The van der Waals surface area contributed by atoms with Crippen molar-refractivity contribution >= 4 is 38.6 Å². The first-order valence-electron chi connectivity index (χ1n) is 13.0. The van der Waals surface area contributed by atoms with Crippen LogP contribution in [0.2, 0.25) is 0 Å². The Hall–Kier alpha value is -4.00. The minimum absolute atomic E-state index is 0.218. The van der Waals surface area contributed by atoms with E-state index in [1.165, 1.54) is 28.7 Å². The summed E-state index contributed by atoms with van der Waals surface area (Å²) in [4.78, 5) is 10.3. The molecule has 5 heterocycles. The van der Waals surface area contributed by atoms with Crippen molar-refractivity contribution in [1.29, 1.82) is 0 Å². The molecule has 1 saturated heterocycles. The van der Waals surface area contributed by atoms with E-state index in [2.05, 4.69) is 10.1 Å². The van der Waals surface area contributed by atoms with E-state index in [9.17, 15) is 4.39 Å². The number of benzene rings is 2. The number of nitrogens with zero attached hydrogens (tertiary/aromatic N) is 4. The van der Waals surface area contributed by atoms with Gasteiger partial charge in [-0.05, 0) is 36.3 Å². The number of hydrogen-bond acceptors (Lipinski definition) is 10. The first-order valence-corrected chi connectivity index (χ1v) is 14.7. The van der Waals surface area contributed by atoms with Crippen LogP contribution in [0.3, 0.4) is 0 Å². The molecule has 6 aromatic rings. The minimum Gasteiger partial charge on any atom is -0.496 e. The van der Waals surface area contributed by atoms with E-state index in [-0.39, 0.29) is 12.4 Å². The molecule has 0 saturated carbocycles. The second-order valence-electron chi connectivity index (χ2n) is 9.68. The third-order valence-electron chi connectivity index (χ3n) is 7.33. The van der Waals surface area contributed by atoms with Crippen molar-refractivity contribution in [2.75, 3.05) is 27.4 Å². The zero-order valence-corrected chi connectivity index (χ0v) is 23.9. The van der Waals surface area contributed by atoms with Crippen molar-refractivity contribution in [1.82, 2.24) is 19.6 Å². The maximum atomic E-state index is 15.0. The number of rotatable bonds is 8. The minimum atomic E-state index is -0.521. The van der Waals surface area contributed by atoms with Gasteiger partial charge in [0.25, 0.3) is 5.19 Å². The van der Waals surface area contributed by atoms with Gasteiger partial charge in [0.05, 0.1) is 36.9 Å². The fourth-order valence-electron chi connectivity index (χ4n) is 5.24. The topological polar surface area (TPSA) is 93.1 Å². The van der Waals surface area contributed by atoms with Crippen molar-refractivity contribution in [3.63, 3.8) is 0 Å². The normalized spacial score (nSPS) is 15.0. The van der Waals surface area contributed by atoms with Crippen molar-refractivity contribution in [2.45, 2.75) is 24.9 Å². The number of ether oxygens (including phenoxy) is 4. The van der Waals surface area contributed by atoms with Crippen LogP contribution in [0.1, 0.15) is 29.1 Å². The molecule has 0 amide bonds. The van der Waals surface area contributed by atoms with Crippen LogP contribution < -0.4 is 14.2 Å². The Balaban J connectivity index is 1.18. The molecule has 0 unspecified atom stereocenters. The predicted molar refractivity (Wildman–Crippen MR) is 153 cm³/mol. The van der Waals surface area contributed by atoms with E-state index < -0.39 is 5.41 Å². The molecule has 0 N–H and O–H groups in total. The molecule has 0 spiro atoms. The summed E-state index contributed by atoms with van der Waals surface area (Å²) in [7, 11) is 3.17. The highest BCUT2D eigenvalue weighted by molar-refractivity contribution is 7.18. The quantitative estimate of drug-likeness (QED) is 0.198. The van der Waals surface area contributed by atoms with E-state index in [4.69, 9.17) is 28.3 Å². The second-order valence-corrected chi connectivity index (χ2v) is 11.5. The van der Waals surface area contributed by atoms with Gasteiger partial charge in [-0.3, -0.25) is 0 Å². The van der Waals surface area contributed by atoms with Gasteiger partial charge in [0.1, 0.15) is 40.2 Å². The van der Waals surface area contributed by atoms with E-state index in [1.54, 1.807) is 31.0 Å². The first-order chi connectivity index (χ1) is 20.1. The van der Waals surface area contributed by atoms with Crippen LogP contribution in [0.4, 0.5) is 4.39 Å². The van der Waals surface area contributed by atoms with Gasteiger partial charge in [-0.2, -0.15) is 0 Å². The lowest BCUT2D eigenvalue weighted by Crippen LogP contribution is -2.35. The molecule has 9 nitrogen and oxygen atoms in total. The fourth-order valence-corrected chi connectivity index (χ4v) is 7.02. The monoisotopic (exact) mass is 592 g/mol. The summed E-state index contributed by atoms with van der Waals surface area (Å²) in [5.41, 5.74) is 2.16. The summed E-state index contributed by atoms with van der Waals surface area (Å²) in [6, 6.07) is 12.5. The number of methoxy groups -OCH3 is 2. The van der Waals surface area contributed by atoms with Gasteiger partial charge in [0, 0.05) is 36.3 Å². The number of aromatic nitrogens is 4. The van der Waals surface area contributed by atoms with Crippen LogP contribution >= 0.6 is 22.7 Å². The molecule has 0 atom stereocenters. The molecule has 12 heteroatoms. The summed E-state index contributed by atoms with van der Waals surface area (Å²) in [6.45, 7) is 1.35. The van der Waals surface area contributed by atoms with E-state index in [0.717, 1.165) is 16.1 Å². The molecular formula is C29H25FN4O5S2. The molecule has 0 bridgehead atoms. The fraction of sp³-hybridized carbons (Fsp3) is 0.276. The molecule has 2 aromatic carbocycles. The molecule has 41 heavy (non-hydrogen) atoms. The molecule has 1 aliphatic heterocycles. The zero-order chi connectivity index (χ0) is 28.0. The highest BCUT2D eigenvalue weighted by Crippen LogP contribution is 2.44. The Morgan fingerprint density at radius 3 is 2.71 bits per heavy atom. The second kappa shape index (κ2) is 10.4. The Morgan fingerprint density at radius 1 is 1.07 bits per heavy atom. The molecule has 1 fully saturated rings. The van der Waals surface area contributed by atoms with Crippen molar-refractivity contribution in [3.8, 4) is 28.1 Å². The maximum absolute atomic E-state index is 15.0. The number of hydrogen-bond donors (Lipinski definition) is 0. The highest BCUT2D eigenvalue weighted by atomic mass is 32.1. The highest BCUT2D eigenvalue weighted by Gasteiger charge is 2.40. The van der Waals surface area contributed by atoms with Gasteiger partial charge in [-0.25, -0.2) is 18.9 Å². The van der Waals surface area contributed by atoms with Gasteiger partial charge in [0.2, 0.25) is 4.96 Å². The molecule has 0 aliphatic carbocycles. The van der Waals surface area contributed by atoms with Crippen molar-refractivity contribution < 1.29 is 27.8 Å².